The summed E-state index contributed by atoms with van der Waals surface area (Å²) in [6.07, 6.45) is 3.37. The maximum Gasteiger partial charge on any atom is 0.359 e. The van der Waals surface area contributed by atoms with Crippen LogP contribution in [0.15, 0.2) is 53.7 Å². The first-order valence-electron chi connectivity index (χ1n) is 10.8. The molecule has 3 aromatic rings. The minimum absolute atomic E-state index is 0.00584. The molecule has 4 rings (SSSR count). The zero-order chi connectivity index (χ0) is 22.1. The molecule has 0 saturated carbocycles. The van der Waals surface area contributed by atoms with E-state index in [4.69, 9.17) is 16.5 Å². The third-order valence-corrected chi connectivity index (χ3v) is 6.04. The van der Waals surface area contributed by atoms with Crippen molar-refractivity contribution in [3.05, 3.63) is 54.4 Å². The van der Waals surface area contributed by atoms with Crippen molar-refractivity contribution in [3.63, 3.8) is 0 Å². The number of hydrogen-bond acceptors (Lipinski definition) is 4. The predicted molar refractivity (Wildman–Crippen MR) is 124 cm³/mol. The molecular weight excluding hydrogens is 388 g/mol. The summed E-state index contributed by atoms with van der Waals surface area (Å²) in [4.78, 5) is 22.6. The summed E-state index contributed by atoms with van der Waals surface area (Å²) in [5.41, 5.74) is 13.7. The minimum atomic E-state index is -0.345. The van der Waals surface area contributed by atoms with Crippen LogP contribution in [-0.4, -0.2) is 22.9 Å². The van der Waals surface area contributed by atoms with Crippen LogP contribution in [0.4, 0.5) is 5.82 Å². The van der Waals surface area contributed by atoms with Crippen molar-refractivity contribution in [1.29, 1.82) is 0 Å². The highest BCUT2D eigenvalue weighted by Gasteiger charge is 2.44. The molecule has 1 aliphatic heterocycles. The molecule has 160 valence electrons. The molecule has 0 radical (unpaired) electrons. The second kappa shape index (κ2) is 8.34. The van der Waals surface area contributed by atoms with E-state index in [1.54, 1.807) is 4.57 Å². The van der Waals surface area contributed by atoms with E-state index in [9.17, 15) is 4.79 Å². The Labute approximate surface area is 182 Å². The molecule has 7 heteroatoms. The molecule has 1 aromatic heterocycles. The zero-order valence-electron chi connectivity index (χ0n) is 18.2. The van der Waals surface area contributed by atoms with Crippen molar-refractivity contribution in [2.45, 2.75) is 45.7 Å². The Balaban J connectivity index is 1.90. The number of nitrogens with one attached hydrogen (secondary N) is 1. The van der Waals surface area contributed by atoms with Crippen LogP contribution in [0.2, 0.25) is 0 Å². The van der Waals surface area contributed by atoms with Gasteiger partial charge in [-0.2, -0.15) is 4.57 Å². The number of hydrogen-bond donors (Lipinski definition) is 3. The number of fused-ring (bicyclic) bond motifs is 2. The fraction of sp³-hybridized carbons (Fsp3) is 0.333. The monoisotopic (exact) mass is 417 g/mol. The minimum Gasteiger partial charge on any atom is -0.370 e. The molecule has 0 spiro atoms. The molecule has 31 heavy (non-hydrogen) atoms. The highest BCUT2D eigenvalue weighted by Crippen LogP contribution is 2.32. The fourth-order valence-corrected chi connectivity index (χ4v) is 4.07. The number of aromatic nitrogens is 2. The van der Waals surface area contributed by atoms with Gasteiger partial charge in [0, 0.05) is 11.5 Å². The van der Waals surface area contributed by atoms with E-state index in [1.165, 1.54) is 0 Å². The summed E-state index contributed by atoms with van der Waals surface area (Å²) in [5, 5.41) is 5.67. The smallest absolute Gasteiger partial charge is 0.359 e. The molecule has 0 bridgehead atoms. The van der Waals surface area contributed by atoms with Gasteiger partial charge in [-0.05, 0) is 29.7 Å². The molecular formula is C24H29N6O+. The number of carbonyl (C=O) groups excluding carboxylic acids is 1. The highest BCUT2D eigenvalue weighted by molar-refractivity contribution is 5.87. The Kier molecular flexibility index (Phi) is 5.59. The van der Waals surface area contributed by atoms with Gasteiger partial charge in [0.25, 0.3) is 0 Å². The second-order valence-corrected chi connectivity index (χ2v) is 8.12. The lowest BCUT2D eigenvalue weighted by Crippen LogP contribution is -2.45. The Morgan fingerprint density at radius 3 is 2.58 bits per heavy atom. The van der Waals surface area contributed by atoms with Crippen LogP contribution in [-0.2, 0) is 0 Å². The highest BCUT2D eigenvalue weighted by atomic mass is 16.2. The lowest BCUT2D eigenvalue weighted by atomic mass is 9.99. The molecule has 3 atom stereocenters. The van der Waals surface area contributed by atoms with Crippen molar-refractivity contribution in [3.8, 4) is 11.3 Å². The molecule has 0 saturated heterocycles. The number of benzene rings is 2. The lowest BCUT2D eigenvalue weighted by molar-refractivity contribution is -0.553. The molecule has 0 fully saturated rings. The molecule has 0 amide bonds. The first kappa shape index (κ1) is 20.8. The summed E-state index contributed by atoms with van der Waals surface area (Å²) in [7, 11) is 0. The van der Waals surface area contributed by atoms with Gasteiger partial charge >= 0.3 is 11.7 Å². The Hall–Kier alpha value is -3.48. The standard InChI is InChI=1S/C24H28N6O/c1-4-14(3)20-23(31)30-13-19(17-11-10-15-8-6-7-9-16(15)12-17)27-21(22(30)29-20)18(5-2)28-24(25)26/h6-14,18,20H,4-5H2,1-3H3,(H4,25,26,28)/p+1. The number of nitrogens with two attached hydrogens (primary N) is 2. The van der Waals surface area contributed by atoms with E-state index in [0.29, 0.717) is 23.6 Å². The summed E-state index contributed by atoms with van der Waals surface area (Å²) in [6, 6.07) is 13.7. The van der Waals surface area contributed by atoms with Gasteiger partial charge in [0.2, 0.25) is 0 Å². The Bertz CT molecular complexity index is 1170. The largest absolute Gasteiger partial charge is 0.370 e. The molecule has 2 heterocycles. The van der Waals surface area contributed by atoms with Crippen LogP contribution >= 0.6 is 0 Å². The van der Waals surface area contributed by atoms with E-state index in [-0.39, 0.29) is 29.9 Å². The zero-order valence-corrected chi connectivity index (χ0v) is 18.2. The summed E-state index contributed by atoms with van der Waals surface area (Å²) < 4.78 is 1.69. The van der Waals surface area contributed by atoms with Gasteiger partial charge in [-0.15, -0.1) is 0 Å². The molecule has 2 aromatic carbocycles. The topological polar surface area (TPSA) is 110 Å². The van der Waals surface area contributed by atoms with Crippen molar-refractivity contribution >= 4 is 28.5 Å². The number of rotatable bonds is 6. The Morgan fingerprint density at radius 2 is 1.90 bits per heavy atom. The van der Waals surface area contributed by atoms with E-state index < -0.39 is 0 Å². The van der Waals surface area contributed by atoms with Gasteiger partial charge in [0.15, 0.2) is 17.7 Å². The summed E-state index contributed by atoms with van der Waals surface area (Å²) in [5.74, 6) is 0.894. The predicted octanol–water partition coefficient (Wildman–Crippen LogP) is 3.39. The average molecular weight is 418 g/mol. The normalized spacial score (nSPS) is 17.1. The first-order chi connectivity index (χ1) is 14.9. The molecule has 7 nitrogen and oxygen atoms in total. The van der Waals surface area contributed by atoms with E-state index in [0.717, 1.165) is 22.8 Å². The molecule has 1 aliphatic rings. The van der Waals surface area contributed by atoms with Gasteiger partial charge < -0.3 is 11.5 Å². The number of nitrogens with zero attached hydrogens (tertiary/aromatic N) is 3. The maximum absolute atomic E-state index is 13.3. The molecule has 0 aliphatic carbocycles. The molecule has 5 N–H and O–H groups in total. The summed E-state index contributed by atoms with van der Waals surface area (Å²) in [6.45, 7) is 6.16. The van der Waals surface area contributed by atoms with Gasteiger partial charge in [-0.25, -0.2) is 14.8 Å². The molecule has 3 unspecified atom stereocenters. The fourth-order valence-electron chi connectivity index (χ4n) is 4.07. The maximum atomic E-state index is 13.3. The number of anilines is 1. The van der Waals surface area contributed by atoms with Gasteiger partial charge in [-0.1, -0.05) is 57.2 Å². The van der Waals surface area contributed by atoms with Crippen LogP contribution in [0.3, 0.4) is 0 Å². The van der Waals surface area contributed by atoms with Crippen molar-refractivity contribution in [2.24, 2.45) is 22.4 Å². The van der Waals surface area contributed by atoms with E-state index in [1.807, 2.05) is 31.3 Å². The van der Waals surface area contributed by atoms with Crippen LogP contribution in [0.25, 0.3) is 22.0 Å². The number of guanidine groups is 1. The second-order valence-electron chi connectivity index (χ2n) is 8.12. The van der Waals surface area contributed by atoms with Gasteiger partial charge in [-0.3, -0.25) is 5.32 Å². The quantitative estimate of drug-likeness (QED) is 0.323. The summed E-state index contributed by atoms with van der Waals surface area (Å²) >= 11 is 0. The lowest BCUT2D eigenvalue weighted by Gasteiger charge is -2.13. The number of aliphatic imine (C=N–C) groups is 1. The van der Waals surface area contributed by atoms with Crippen LogP contribution in [0.5, 0.6) is 0 Å². The average Bonchev–Trinajstić information content (AvgIpc) is 3.12. The van der Waals surface area contributed by atoms with Crippen molar-refractivity contribution in [1.82, 2.24) is 4.98 Å². The third kappa shape index (κ3) is 3.83. The van der Waals surface area contributed by atoms with Crippen LogP contribution in [0.1, 0.15) is 50.1 Å². The van der Waals surface area contributed by atoms with E-state index in [2.05, 4.69) is 48.4 Å². The van der Waals surface area contributed by atoms with Gasteiger partial charge in [0.1, 0.15) is 17.9 Å². The van der Waals surface area contributed by atoms with Crippen molar-refractivity contribution < 1.29 is 9.36 Å². The van der Waals surface area contributed by atoms with Crippen LogP contribution < -0.4 is 21.4 Å². The third-order valence-electron chi connectivity index (χ3n) is 6.04. The van der Waals surface area contributed by atoms with E-state index >= 15 is 0 Å². The SMILES string of the molecule is CCC(N=C(N)N)c1nc(-c2ccc3ccccc3c2)c[n+]2c1NC(C(C)CC)C2=O. The number of carbonyl (C=O) groups is 1. The van der Waals surface area contributed by atoms with Crippen molar-refractivity contribution in [2.75, 3.05) is 5.32 Å². The first-order valence-corrected chi connectivity index (χ1v) is 10.8. The Morgan fingerprint density at radius 1 is 1.16 bits per heavy atom. The van der Waals surface area contributed by atoms with Gasteiger partial charge in [0.05, 0.1) is 0 Å². The van der Waals surface area contributed by atoms with Crippen LogP contribution in [0, 0.1) is 5.92 Å².